The molecule has 0 aliphatic carbocycles. The fourth-order valence-corrected chi connectivity index (χ4v) is 4.11. The summed E-state index contributed by atoms with van der Waals surface area (Å²) >= 11 is 0. The lowest BCUT2D eigenvalue weighted by atomic mass is 9.92. The minimum atomic E-state index is -1.15. The van der Waals surface area contributed by atoms with E-state index in [0.717, 1.165) is 0 Å². The number of nitrogen functional groups attached to an aromatic ring is 1. The van der Waals surface area contributed by atoms with Crippen LogP contribution in [0.5, 0.6) is 0 Å². The molecule has 0 saturated carbocycles. The maximum absolute atomic E-state index is 13.8. The zero-order valence-electron chi connectivity index (χ0n) is 23.5. The molecule has 0 aromatic heterocycles. The fraction of sp³-hybridized carbons (Fsp3) is 0.481. The summed E-state index contributed by atoms with van der Waals surface area (Å²) in [6.07, 6.45) is 2.68. The smallest absolute Gasteiger partial charge is 0.243 e. The molecule has 3 unspecified atom stereocenters. The molecule has 4 atom stereocenters. The van der Waals surface area contributed by atoms with Crippen molar-refractivity contribution in [2.24, 2.45) is 39.8 Å². The second kappa shape index (κ2) is 16.5. The normalized spacial score (nSPS) is 13.6. The van der Waals surface area contributed by atoms with Crippen LogP contribution in [-0.2, 0) is 25.6 Å². The molecule has 0 spiro atoms. The summed E-state index contributed by atoms with van der Waals surface area (Å²) in [6, 6.07) is 4.68. The average molecular weight is 558 g/mol. The number of amides is 4. The first kappa shape index (κ1) is 33.6. The Kier molecular flexibility index (Phi) is 13.9. The van der Waals surface area contributed by atoms with Gasteiger partial charge in [0.15, 0.2) is 5.96 Å². The van der Waals surface area contributed by atoms with Gasteiger partial charge in [-0.05, 0) is 30.7 Å². The van der Waals surface area contributed by atoms with E-state index in [9.17, 15) is 19.2 Å². The first-order valence-corrected chi connectivity index (χ1v) is 13.1. The quantitative estimate of drug-likeness (QED) is 0.0428. The third kappa shape index (κ3) is 10.4. The molecule has 13 heteroatoms. The molecule has 0 bridgehead atoms. The minimum Gasteiger partial charge on any atom is -0.384 e. The van der Waals surface area contributed by atoms with Crippen LogP contribution in [0.25, 0.3) is 0 Å². The van der Waals surface area contributed by atoms with Crippen molar-refractivity contribution in [3.05, 3.63) is 48.0 Å². The fourth-order valence-electron chi connectivity index (χ4n) is 4.11. The van der Waals surface area contributed by atoms with Gasteiger partial charge < -0.3 is 38.5 Å². The Bertz CT molecular complexity index is 1080. The molecule has 40 heavy (non-hydrogen) atoms. The van der Waals surface area contributed by atoms with Crippen molar-refractivity contribution >= 4 is 35.4 Å². The van der Waals surface area contributed by atoms with E-state index in [2.05, 4.69) is 22.2 Å². The Morgan fingerprint density at radius 3 is 2.23 bits per heavy atom. The number of guanidine groups is 1. The molecule has 0 radical (unpaired) electrons. The molecule has 13 nitrogen and oxygen atoms in total. The van der Waals surface area contributed by atoms with Gasteiger partial charge in [0.25, 0.3) is 0 Å². The summed E-state index contributed by atoms with van der Waals surface area (Å²) in [5.74, 6) is -4.03. The number of benzene rings is 1. The first-order valence-electron chi connectivity index (χ1n) is 13.1. The molecular formula is C27H43N9O4. The summed E-state index contributed by atoms with van der Waals surface area (Å²) in [5.41, 5.74) is 22.9. The number of aliphatic imine (C=N–C) groups is 1. The maximum atomic E-state index is 13.8. The Balaban J connectivity index is 3.23. The van der Waals surface area contributed by atoms with Gasteiger partial charge in [-0.1, -0.05) is 50.6 Å². The van der Waals surface area contributed by atoms with Crippen LogP contribution in [-0.4, -0.2) is 72.5 Å². The van der Waals surface area contributed by atoms with Crippen LogP contribution in [0.4, 0.5) is 0 Å². The molecule has 11 N–H and O–H groups in total. The van der Waals surface area contributed by atoms with E-state index in [0.29, 0.717) is 24.0 Å². The zero-order chi connectivity index (χ0) is 30.4. The summed E-state index contributed by atoms with van der Waals surface area (Å²) in [5, 5.41) is 12.9. The molecular weight excluding hydrogens is 514 g/mol. The van der Waals surface area contributed by atoms with E-state index in [1.54, 1.807) is 31.2 Å². The van der Waals surface area contributed by atoms with Gasteiger partial charge in [-0.2, -0.15) is 0 Å². The van der Waals surface area contributed by atoms with Crippen molar-refractivity contribution in [3.63, 3.8) is 0 Å². The Labute approximate surface area is 235 Å². The second-order valence-corrected chi connectivity index (χ2v) is 9.59. The van der Waals surface area contributed by atoms with Crippen LogP contribution >= 0.6 is 0 Å². The van der Waals surface area contributed by atoms with Crippen molar-refractivity contribution in [3.8, 4) is 0 Å². The van der Waals surface area contributed by atoms with Crippen molar-refractivity contribution in [2.75, 3.05) is 20.1 Å². The second-order valence-electron chi connectivity index (χ2n) is 9.59. The highest BCUT2D eigenvalue weighted by Crippen LogP contribution is 2.20. The number of nitrogens with zero attached hydrogens (tertiary/aromatic N) is 2. The molecule has 0 saturated heterocycles. The van der Waals surface area contributed by atoms with E-state index in [-0.39, 0.29) is 43.6 Å². The van der Waals surface area contributed by atoms with E-state index < -0.39 is 41.6 Å². The minimum absolute atomic E-state index is 0.0495. The Morgan fingerprint density at radius 2 is 1.73 bits per heavy atom. The Morgan fingerprint density at radius 1 is 1.10 bits per heavy atom. The van der Waals surface area contributed by atoms with E-state index in [1.165, 1.54) is 18.0 Å². The number of likely N-dealkylation sites (N-methyl/N-ethyl adjacent to an activating group) is 1. The summed E-state index contributed by atoms with van der Waals surface area (Å²) in [7, 11) is 1.46. The summed E-state index contributed by atoms with van der Waals surface area (Å²) in [6.45, 7) is 7.68. The maximum Gasteiger partial charge on any atom is 0.243 e. The molecule has 4 amide bonds. The third-order valence-corrected chi connectivity index (χ3v) is 6.56. The number of primary amides is 1. The number of nitrogens with one attached hydrogen (secondary N) is 3. The van der Waals surface area contributed by atoms with Crippen LogP contribution < -0.4 is 33.6 Å². The lowest BCUT2D eigenvalue weighted by molar-refractivity contribution is -0.148. The predicted molar refractivity (Wildman–Crippen MR) is 155 cm³/mol. The molecule has 1 aromatic rings. The van der Waals surface area contributed by atoms with Crippen LogP contribution in [0.1, 0.15) is 44.2 Å². The SMILES string of the molecule is C=CCNC(=O)C(Cc1ccc(C(=N)N)cc1)C(=O)N(C)C(C(=O)N[C@@H](CCCN=C(N)N)C(N)=O)C(C)CC. The van der Waals surface area contributed by atoms with Crippen LogP contribution in [0.2, 0.25) is 0 Å². The van der Waals surface area contributed by atoms with Crippen molar-refractivity contribution in [1.82, 2.24) is 15.5 Å². The van der Waals surface area contributed by atoms with Crippen LogP contribution in [0.15, 0.2) is 41.9 Å². The summed E-state index contributed by atoms with van der Waals surface area (Å²) in [4.78, 5) is 57.4. The monoisotopic (exact) mass is 557 g/mol. The van der Waals surface area contributed by atoms with Gasteiger partial charge in [0, 0.05) is 25.7 Å². The van der Waals surface area contributed by atoms with Gasteiger partial charge in [0.05, 0.1) is 0 Å². The summed E-state index contributed by atoms with van der Waals surface area (Å²) < 4.78 is 0. The predicted octanol–water partition coefficient (Wildman–Crippen LogP) is -0.672. The van der Waals surface area contributed by atoms with Crippen molar-refractivity contribution < 1.29 is 19.2 Å². The van der Waals surface area contributed by atoms with Crippen molar-refractivity contribution in [2.45, 2.75) is 51.6 Å². The molecule has 1 aromatic carbocycles. The van der Waals surface area contributed by atoms with Crippen LogP contribution in [0, 0.1) is 17.2 Å². The molecule has 0 fully saturated rings. The molecule has 0 aliphatic rings. The highest BCUT2D eigenvalue weighted by atomic mass is 16.2. The Hall–Kier alpha value is -4.42. The number of rotatable bonds is 17. The number of hydrogen-bond donors (Lipinski definition) is 7. The number of carbonyl (C=O) groups excluding carboxylic acids is 4. The molecule has 1 rings (SSSR count). The molecule has 220 valence electrons. The average Bonchev–Trinajstić information content (AvgIpc) is 2.91. The topological polar surface area (TPSA) is 236 Å². The number of carbonyl (C=O) groups is 4. The first-order chi connectivity index (χ1) is 18.8. The largest absolute Gasteiger partial charge is 0.384 e. The highest BCUT2D eigenvalue weighted by molar-refractivity contribution is 6.02. The van der Waals surface area contributed by atoms with Gasteiger partial charge >= 0.3 is 0 Å². The third-order valence-electron chi connectivity index (χ3n) is 6.56. The van der Waals surface area contributed by atoms with Crippen LogP contribution in [0.3, 0.4) is 0 Å². The molecule has 0 aliphatic heterocycles. The lowest BCUT2D eigenvalue weighted by Gasteiger charge is -2.34. The number of nitrogens with two attached hydrogens (primary N) is 4. The standard InChI is InChI=1S/C27H43N9O4/c1-5-13-33-24(38)19(15-17-9-11-18(12-10-17)22(28)29)26(40)36(4)21(16(3)6-2)25(39)35-20(23(30)37)8-7-14-34-27(31)32/h5,9-12,16,19-21H,1,6-8,13-15H2,2-4H3,(H3,28,29)(H2,30,37)(H,33,38)(H,35,39)(H4,31,32,34)/t16?,19?,20-,21?/m0/s1. The van der Waals surface area contributed by atoms with Gasteiger partial charge in [-0.25, -0.2) is 0 Å². The van der Waals surface area contributed by atoms with E-state index in [1.807, 2.05) is 6.92 Å². The molecule has 0 heterocycles. The van der Waals surface area contributed by atoms with Gasteiger partial charge in [0.1, 0.15) is 23.8 Å². The highest BCUT2D eigenvalue weighted by Gasteiger charge is 2.38. The van der Waals surface area contributed by atoms with E-state index in [4.69, 9.17) is 28.3 Å². The number of hydrogen-bond acceptors (Lipinski definition) is 6. The van der Waals surface area contributed by atoms with Gasteiger partial charge in [0.2, 0.25) is 23.6 Å². The zero-order valence-corrected chi connectivity index (χ0v) is 23.5. The lowest BCUT2D eigenvalue weighted by Crippen LogP contribution is -2.57. The van der Waals surface area contributed by atoms with Gasteiger partial charge in [-0.15, -0.1) is 6.58 Å². The number of amidine groups is 1. The van der Waals surface area contributed by atoms with Gasteiger partial charge in [-0.3, -0.25) is 29.6 Å². The van der Waals surface area contributed by atoms with E-state index >= 15 is 0 Å². The van der Waals surface area contributed by atoms with Crippen molar-refractivity contribution in [1.29, 1.82) is 5.41 Å².